The lowest BCUT2D eigenvalue weighted by atomic mass is 10.1. The van der Waals surface area contributed by atoms with Gasteiger partial charge in [-0.15, -0.1) is 10.2 Å². The highest BCUT2D eigenvalue weighted by Crippen LogP contribution is 2.58. The fourth-order valence-electron chi connectivity index (χ4n) is 4.68. The minimum Gasteiger partial charge on any atom is -0.394 e. The molecule has 0 amide bonds. The number of hydrogen-bond acceptors (Lipinski definition) is 15. The second-order valence-corrected chi connectivity index (χ2v) is 12.7. The summed E-state index contributed by atoms with van der Waals surface area (Å²) in [6, 6.07) is 0. The number of halogens is 2. The van der Waals surface area contributed by atoms with Gasteiger partial charge in [-0.2, -0.15) is 14.3 Å². The summed E-state index contributed by atoms with van der Waals surface area (Å²) in [5.41, 5.74) is 1.75. The summed E-state index contributed by atoms with van der Waals surface area (Å²) < 4.78 is 48.9. The average Bonchev–Trinajstić information content (AvgIpc) is 3.68. The Balaban J connectivity index is 1.25. The van der Waals surface area contributed by atoms with E-state index >= 15 is 8.78 Å². The van der Waals surface area contributed by atoms with Gasteiger partial charge in [-0.05, 0) is 11.8 Å². The van der Waals surface area contributed by atoms with E-state index in [4.69, 9.17) is 31.5 Å². The number of aliphatic hydroxyl groups excluding tert-OH is 2. The van der Waals surface area contributed by atoms with Gasteiger partial charge in [0.25, 0.3) is 11.1 Å². The molecule has 23 heteroatoms. The molecule has 7 N–H and O–H groups in total. The Morgan fingerprint density at radius 3 is 2.44 bits per heavy atom. The van der Waals surface area contributed by atoms with E-state index < -0.39 is 79.6 Å². The van der Waals surface area contributed by atoms with E-state index in [1.54, 1.807) is 0 Å². The van der Waals surface area contributed by atoms with Gasteiger partial charge in [0.2, 0.25) is 5.95 Å². The van der Waals surface area contributed by atoms with E-state index in [0.717, 1.165) is 15.7 Å². The van der Waals surface area contributed by atoms with Crippen LogP contribution in [0.5, 0.6) is 0 Å². The first-order chi connectivity index (χ1) is 19.5. The number of hydrogen-bond donors (Lipinski definition) is 6. The van der Waals surface area contributed by atoms with E-state index in [0.29, 0.717) is 0 Å². The largest absolute Gasteiger partial charge is 0.394 e. The Morgan fingerprint density at radius 1 is 1.07 bits per heavy atom. The van der Waals surface area contributed by atoms with Crippen LogP contribution in [0.3, 0.4) is 0 Å². The van der Waals surface area contributed by atoms with Crippen LogP contribution in [0.4, 0.5) is 14.7 Å². The number of nitrogens with two attached hydrogens (primary N) is 1. The lowest BCUT2D eigenvalue weighted by molar-refractivity contribution is -0.0481. The van der Waals surface area contributed by atoms with Crippen LogP contribution < -0.4 is 16.9 Å². The number of nitrogen functional groups attached to an aromatic ring is 1. The molecule has 9 atom stereocenters. The zero-order valence-corrected chi connectivity index (χ0v) is 22.0. The van der Waals surface area contributed by atoms with Crippen LogP contribution in [0.15, 0.2) is 15.9 Å². The van der Waals surface area contributed by atoms with Crippen molar-refractivity contribution in [3.8, 4) is 0 Å². The van der Waals surface area contributed by atoms with Crippen LogP contribution in [0.2, 0.25) is 0 Å². The normalized spacial score (nSPS) is 31.7. The Bertz CT molecular complexity index is 1780. The van der Waals surface area contributed by atoms with Crippen LogP contribution in [-0.2, 0) is 25.8 Å². The number of rotatable bonds is 7. The highest BCUT2D eigenvalue weighted by Gasteiger charge is 2.55. The van der Waals surface area contributed by atoms with Crippen LogP contribution in [0.25, 0.3) is 22.3 Å². The Morgan fingerprint density at radius 2 is 1.73 bits per heavy atom. The molecule has 2 aliphatic heterocycles. The second-order valence-electron chi connectivity index (χ2n) is 9.14. The van der Waals surface area contributed by atoms with Gasteiger partial charge in [-0.25, -0.2) is 13.8 Å². The van der Waals surface area contributed by atoms with Crippen LogP contribution >= 0.6 is 6.49 Å². The lowest BCUT2D eigenvalue weighted by Gasteiger charge is -2.28. The molecule has 0 radical (unpaired) electrons. The van der Waals surface area contributed by atoms with Crippen molar-refractivity contribution in [1.82, 2.24) is 49.9 Å². The number of nitrogens with zero attached hydrogens (tertiary/aromatic N) is 8. The molecule has 2 saturated heterocycles. The number of nitrogens with one attached hydrogen (secondary N) is 2. The molecule has 0 bridgehead atoms. The van der Waals surface area contributed by atoms with Crippen molar-refractivity contribution in [2.24, 2.45) is 0 Å². The van der Waals surface area contributed by atoms with Crippen molar-refractivity contribution < 1.29 is 37.9 Å². The van der Waals surface area contributed by atoms with E-state index in [1.165, 1.54) is 0 Å². The molecule has 0 spiro atoms. The smallest absolute Gasteiger partial charge is 0.282 e. The molecule has 220 valence electrons. The first-order valence-electron chi connectivity index (χ1n) is 11.8. The van der Waals surface area contributed by atoms with Crippen molar-refractivity contribution in [1.29, 1.82) is 0 Å². The topological polar surface area (TPSA) is 267 Å². The molecule has 2 fully saturated rings. The molecular weight excluding hydrogens is 599 g/mol. The predicted molar refractivity (Wildman–Crippen MR) is 133 cm³/mol. The number of alkyl halides is 2. The molecular formula is C18H20F2N11O8PS. The third-order valence-corrected chi connectivity index (χ3v) is 9.52. The summed E-state index contributed by atoms with van der Waals surface area (Å²) in [6.07, 6.45) is -11.0. The molecule has 2 unspecified atom stereocenters. The summed E-state index contributed by atoms with van der Waals surface area (Å²) in [6.45, 7) is -5.82. The SMILES string of the molecule is Nc1nc2c(nnn2C2O[C@H](CO)[C@@H](F)[C@H]2P(O)(=S)OC[C@H]2O[C@@H](n3nnc4c(=O)[nH]cnc43)[C@@H](F)[C@@H]2O)c(=O)[nH]1. The number of anilines is 1. The van der Waals surface area contributed by atoms with E-state index in [2.05, 4.69) is 40.6 Å². The fraction of sp³-hybridized carbons (Fsp3) is 0.556. The molecule has 4 aromatic heterocycles. The zero-order valence-electron chi connectivity index (χ0n) is 20.3. The van der Waals surface area contributed by atoms with Crippen molar-refractivity contribution in [3.05, 3.63) is 27.0 Å². The number of fused-ring (bicyclic) bond motifs is 2. The van der Waals surface area contributed by atoms with Gasteiger partial charge in [0.05, 0.1) is 19.5 Å². The molecule has 6 rings (SSSR count). The van der Waals surface area contributed by atoms with Crippen molar-refractivity contribution in [2.75, 3.05) is 18.9 Å². The van der Waals surface area contributed by atoms with Gasteiger partial charge >= 0.3 is 0 Å². The maximum absolute atomic E-state index is 15.5. The standard InChI is InChI=1S/C18H20F2N11O8PS/c19-6-4(1-32)38-17(31-13-9(27-29-31)15(35)25-18(21)24-13)11(6)40(36,41)37-2-5-10(33)7(20)16(39-5)30-12-8(26-28-30)14(34)23-3-22-12/h3-7,10-11,16-17,32-33H,1-2H2,(H,36,41)(H,22,23,34)(H3,21,24,25,35)/t4-,5-,6-,7+,10-,11-,16-,17?,40?/m1/s1. The van der Waals surface area contributed by atoms with E-state index in [1.807, 2.05) is 0 Å². The Hall–Kier alpha value is -3.37. The summed E-state index contributed by atoms with van der Waals surface area (Å²) in [4.78, 5) is 47.6. The highest BCUT2D eigenvalue weighted by atomic mass is 32.5. The van der Waals surface area contributed by atoms with Crippen molar-refractivity contribution in [3.63, 3.8) is 0 Å². The second kappa shape index (κ2) is 10.2. The van der Waals surface area contributed by atoms with Crippen LogP contribution in [0.1, 0.15) is 12.5 Å². The summed E-state index contributed by atoms with van der Waals surface area (Å²) in [7, 11) is 0. The van der Waals surface area contributed by atoms with Gasteiger partial charge in [0, 0.05) is 0 Å². The maximum Gasteiger partial charge on any atom is 0.282 e. The number of aromatic amines is 2. The van der Waals surface area contributed by atoms with Crippen molar-refractivity contribution >= 4 is 46.6 Å². The number of aromatic nitrogens is 10. The summed E-state index contributed by atoms with van der Waals surface area (Å²) >= 11 is 5.26. The lowest BCUT2D eigenvalue weighted by Crippen LogP contribution is -2.34. The Kier molecular flexibility index (Phi) is 6.89. The van der Waals surface area contributed by atoms with Crippen LogP contribution in [-0.4, -0.2) is 115 Å². The number of ether oxygens (including phenoxy) is 2. The summed E-state index contributed by atoms with van der Waals surface area (Å²) in [5.74, 6) is -0.307. The third kappa shape index (κ3) is 4.52. The molecule has 19 nitrogen and oxygen atoms in total. The fourth-order valence-corrected chi connectivity index (χ4v) is 7.13. The summed E-state index contributed by atoms with van der Waals surface area (Å²) in [5, 5.41) is 34.9. The zero-order chi connectivity index (χ0) is 29.2. The minimum absolute atomic E-state index is 0.114. The van der Waals surface area contributed by atoms with Crippen LogP contribution in [0, 0.1) is 0 Å². The number of H-pyrrole nitrogens is 2. The quantitative estimate of drug-likeness (QED) is 0.114. The Labute approximate surface area is 229 Å². The molecule has 2 aliphatic rings. The van der Waals surface area contributed by atoms with Gasteiger partial charge in [-0.3, -0.25) is 14.6 Å². The van der Waals surface area contributed by atoms with E-state index in [9.17, 15) is 24.7 Å². The third-order valence-electron chi connectivity index (χ3n) is 6.66. The predicted octanol–water partition coefficient (Wildman–Crippen LogP) is -2.86. The van der Waals surface area contributed by atoms with E-state index in [-0.39, 0.29) is 28.3 Å². The minimum atomic E-state index is -4.29. The molecule has 4 aromatic rings. The van der Waals surface area contributed by atoms with Gasteiger partial charge < -0.3 is 39.8 Å². The van der Waals surface area contributed by atoms with Gasteiger partial charge in [0.15, 0.2) is 47.4 Å². The first kappa shape index (κ1) is 27.8. The van der Waals surface area contributed by atoms with Crippen molar-refractivity contribution in [2.45, 2.75) is 48.8 Å². The molecule has 0 aliphatic carbocycles. The first-order valence-corrected chi connectivity index (χ1v) is 14.5. The maximum atomic E-state index is 15.5. The molecule has 0 aromatic carbocycles. The highest BCUT2D eigenvalue weighted by molar-refractivity contribution is 8.09. The van der Waals surface area contributed by atoms with Gasteiger partial charge in [-0.1, -0.05) is 10.4 Å². The van der Waals surface area contributed by atoms with Gasteiger partial charge in [0.1, 0.15) is 30.1 Å². The molecule has 6 heterocycles. The average molecular weight is 619 g/mol. The monoisotopic (exact) mass is 619 g/mol. The molecule has 0 saturated carbocycles. The molecule has 41 heavy (non-hydrogen) atoms. The number of aliphatic hydroxyl groups is 2.